The molecule has 1 unspecified atom stereocenters. The Morgan fingerprint density at radius 3 is 2.56 bits per heavy atom. The maximum Gasteiger partial charge on any atom is 0.417 e. The number of alkyl halides is 4. The van der Waals surface area contributed by atoms with E-state index < -0.39 is 24.0 Å². The summed E-state index contributed by atoms with van der Waals surface area (Å²) in [6, 6.07) is 4.30. The number of nitrogens with zero attached hydrogens (tertiary/aromatic N) is 4. The summed E-state index contributed by atoms with van der Waals surface area (Å²) in [4.78, 5) is 4.61. The Bertz CT molecular complexity index is 1100. The number of aromatic nitrogens is 2. The maximum atomic E-state index is 13.9. The molecular weight excluding hydrogens is 530 g/mol. The van der Waals surface area contributed by atoms with E-state index in [1.165, 1.54) is 30.3 Å². The van der Waals surface area contributed by atoms with Gasteiger partial charge in [-0.05, 0) is 50.9 Å². The van der Waals surface area contributed by atoms with Gasteiger partial charge < -0.3 is 20.2 Å². The molecule has 1 aromatic carbocycles. The molecule has 1 aromatic heterocycles. The van der Waals surface area contributed by atoms with Crippen molar-refractivity contribution in [2.24, 2.45) is 0 Å². The SMILES string of the molecule is OC(CN1CCCCC1)Cn1nc(-c2ccc(C(F)(F)F)c(SCCN3CCC(F)CC3)c2)c2c1CCNC2. The molecule has 0 spiro atoms. The van der Waals surface area contributed by atoms with Crippen LogP contribution in [0.3, 0.4) is 0 Å². The minimum atomic E-state index is -4.45. The Kier molecular flexibility index (Phi) is 9.54. The molecule has 3 aliphatic rings. The van der Waals surface area contributed by atoms with Gasteiger partial charge in [0.15, 0.2) is 0 Å². The number of fused-ring (bicyclic) bond motifs is 1. The first-order chi connectivity index (χ1) is 18.8. The Labute approximate surface area is 232 Å². The molecular formula is C28H39F4N5OS. The van der Waals surface area contributed by atoms with E-state index in [1.54, 1.807) is 6.07 Å². The van der Waals surface area contributed by atoms with Gasteiger partial charge in [-0.2, -0.15) is 18.3 Å². The summed E-state index contributed by atoms with van der Waals surface area (Å²) in [5, 5.41) is 19.1. The molecule has 0 amide bonds. The van der Waals surface area contributed by atoms with Gasteiger partial charge in [0.05, 0.1) is 23.9 Å². The molecule has 4 heterocycles. The smallest absolute Gasteiger partial charge is 0.390 e. The van der Waals surface area contributed by atoms with E-state index in [0.29, 0.717) is 69.1 Å². The summed E-state index contributed by atoms with van der Waals surface area (Å²) >= 11 is 1.20. The van der Waals surface area contributed by atoms with Crippen LogP contribution in [0.25, 0.3) is 11.3 Å². The van der Waals surface area contributed by atoms with E-state index in [2.05, 4.69) is 15.1 Å². The van der Waals surface area contributed by atoms with Crippen LogP contribution in [0.5, 0.6) is 0 Å². The van der Waals surface area contributed by atoms with Crippen LogP contribution in [0.15, 0.2) is 23.1 Å². The number of rotatable bonds is 9. The average Bonchev–Trinajstić information content (AvgIpc) is 3.28. The number of aliphatic hydroxyl groups excluding tert-OH is 1. The van der Waals surface area contributed by atoms with Gasteiger partial charge in [-0.25, -0.2) is 4.39 Å². The summed E-state index contributed by atoms with van der Waals surface area (Å²) in [6.07, 6.45) is -0.493. The predicted molar refractivity (Wildman–Crippen MR) is 146 cm³/mol. The summed E-state index contributed by atoms with van der Waals surface area (Å²) in [6.45, 7) is 6.30. The third-order valence-corrected chi connectivity index (χ3v) is 9.09. The molecule has 6 nitrogen and oxygen atoms in total. The fourth-order valence-corrected chi connectivity index (χ4v) is 7.05. The number of hydrogen-bond acceptors (Lipinski definition) is 6. The molecule has 11 heteroatoms. The van der Waals surface area contributed by atoms with Crippen LogP contribution in [0.2, 0.25) is 0 Å². The fraction of sp³-hybridized carbons (Fsp3) is 0.679. The highest BCUT2D eigenvalue weighted by atomic mass is 32.2. The number of thioether (sulfide) groups is 1. The summed E-state index contributed by atoms with van der Waals surface area (Å²) < 4.78 is 57.0. The second-order valence-electron chi connectivity index (χ2n) is 11.0. The van der Waals surface area contributed by atoms with Crippen molar-refractivity contribution in [3.63, 3.8) is 0 Å². The van der Waals surface area contributed by atoms with Gasteiger partial charge in [0.1, 0.15) is 6.17 Å². The molecule has 216 valence electrons. The third-order valence-electron chi connectivity index (χ3n) is 8.05. The fourth-order valence-electron chi connectivity index (χ4n) is 5.93. The largest absolute Gasteiger partial charge is 0.417 e. The average molecular weight is 570 g/mol. The van der Waals surface area contributed by atoms with Crippen molar-refractivity contribution in [2.45, 2.75) is 75.0 Å². The summed E-state index contributed by atoms with van der Waals surface area (Å²) in [5.74, 6) is 0.500. The number of halogens is 4. The van der Waals surface area contributed by atoms with Gasteiger partial charge in [0.2, 0.25) is 0 Å². The van der Waals surface area contributed by atoms with Gasteiger partial charge in [0, 0.05) is 73.2 Å². The van der Waals surface area contributed by atoms with Crippen molar-refractivity contribution in [2.75, 3.05) is 51.6 Å². The van der Waals surface area contributed by atoms with Crippen LogP contribution in [0.4, 0.5) is 17.6 Å². The Balaban J connectivity index is 1.35. The molecule has 0 saturated carbocycles. The number of β-amino-alcohol motifs (C(OH)–C–C–N with tert-alkyl or cyclic N) is 1. The number of piperidine rings is 2. The number of aliphatic hydroxyl groups is 1. The van der Waals surface area contributed by atoms with E-state index in [4.69, 9.17) is 5.10 Å². The van der Waals surface area contributed by atoms with Crippen molar-refractivity contribution >= 4 is 11.8 Å². The molecule has 3 aliphatic heterocycles. The first kappa shape index (κ1) is 28.9. The summed E-state index contributed by atoms with van der Waals surface area (Å²) in [5.41, 5.74) is 2.75. The van der Waals surface area contributed by atoms with Gasteiger partial charge in [0.25, 0.3) is 0 Å². The Morgan fingerprint density at radius 2 is 1.82 bits per heavy atom. The lowest BCUT2D eigenvalue weighted by atomic mass is 10.0. The lowest BCUT2D eigenvalue weighted by molar-refractivity contribution is -0.139. The Morgan fingerprint density at radius 1 is 1.05 bits per heavy atom. The van der Waals surface area contributed by atoms with Crippen molar-refractivity contribution in [1.29, 1.82) is 0 Å². The van der Waals surface area contributed by atoms with Crippen molar-refractivity contribution in [3.8, 4) is 11.3 Å². The van der Waals surface area contributed by atoms with E-state index in [9.17, 15) is 22.7 Å². The third kappa shape index (κ3) is 7.35. The zero-order chi connectivity index (χ0) is 27.4. The van der Waals surface area contributed by atoms with Crippen LogP contribution in [0.1, 0.15) is 48.9 Å². The van der Waals surface area contributed by atoms with E-state index in [0.717, 1.165) is 50.2 Å². The number of nitrogens with one attached hydrogen (secondary N) is 1. The van der Waals surface area contributed by atoms with Crippen molar-refractivity contribution < 1.29 is 22.7 Å². The molecule has 2 saturated heterocycles. The summed E-state index contributed by atoms with van der Waals surface area (Å²) in [7, 11) is 0. The van der Waals surface area contributed by atoms with Gasteiger partial charge >= 0.3 is 6.18 Å². The minimum Gasteiger partial charge on any atom is -0.390 e. The molecule has 1 atom stereocenters. The van der Waals surface area contributed by atoms with Crippen molar-refractivity contribution in [1.82, 2.24) is 24.9 Å². The highest BCUT2D eigenvalue weighted by molar-refractivity contribution is 7.99. The van der Waals surface area contributed by atoms with Crippen LogP contribution < -0.4 is 5.32 Å². The predicted octanol–water partition coefficient (Wildman–Crippen LogP) is 4.59. The van der Waals surface area contributed by atoms with Gasteiger partial charge in [-0.1, -0.05) is 12.5 Å². The monoisotopic (exact) mass is 569 g/mol. The Hall–Kier alpha value is -1.66. The van der Waals surface area contributed by atoms with E-state index >= 15 is 0 Å². The van der Waals surface area contributed by atoms with Crippen molar-refractivity contribution in [3.05, 3.63) is 35.0 Å². The van der Waals surface area contributed by atoms with Crippen LogP contribution >= 0.6 is 11.8 Å². The molecule has 39 heavy (non-hydrogen) atoms. The second-order valence-corrected chi connectivity index (χ2v) is 12.1. The molecule has 0 radical (unpaired) electrons. The molecule has 2 N–H and O–H groups in total. The molecule has 0 aliphatic carbocycles. The number of benzene rings is 1. The first-order valence-electron chi connectivity index (χ1n) is 14.2. The quantitative estimate of drug-likeness (QED) is 0.341. The lowest BCUT2D eigenvalue weighted by Crippen LogP contribution is -2.38. The zero-order valence-corrected chi connectivity index (χ0v) is 23.2. The van der Waals surface area contributed by atoms with Gasteiger partial charge in [-0.15, -0.1) is 11.8 Å². The van der Waals surface area contributed by atoms with E-state index in [1.807, 2.05) is 4.68 Å². The molecule has 0 bridgehead atoms. The number of hydrogen-bond donors (Lipinski definition) is 2. The molecule has 2 aromatic rings. The maximum absolute atomic E-state index is 13.9. The highest BCUT2D eigenvalue weighted by Crippen LogP contribution is 2.40. The number of likely N-dealkylation sites (tertiary alicyclic amines) is 2. The zero-order valence-electron chi connectivity index (χ0n) is 22.4. The minimum absolute atomic E-state index is 0.192. The molecule has 2 fully saturated rings. The van der Waals surface area contributed by atoms with Crippen LogP contribution in [-0.2, 0) is 25.7 Å². The second kappa shape index (κ2) is 12.9. The normalized spacial score (nSPS) is 20.7. The van der Waals surface area contributed by atoms with Gasteiger partial charge in [-0.3, -0.25) is 4.68 Å². The van der Waals surface area contributed by atoms with E-state index in [-0.39, 0.29) is 4.90 Å². The van der Waals surface area contributed by atoms with Crippen LogP contribution in [0, 0.1) is 0 Å². The highest BCUT2D eigenvalue weighted by Gasteiger charge is 2.34. The first-order valence-corrected chi connectivity index (χ1v) is 15.2. The lowest BCUT2D eigenvalue weighted by Gasteiger charge is -2.28. The van der Waals surface area contributed by atoms with Crippen LogP contribution in [-0.4, -0.2) is 88.5 Å². The standard InChI is InChI=1S/C28H39F4N5OS/c29-21-7-12-35(13-8-21)14-15-39-26-16-20(4-5-24(26)28(30,31)32)27-23-17-33-9-6-25(23)37(34-27)19-22(38)18-36-10-2-1-3-11-36/h4-5,16,21-22,33,38H,1-3,6-15,17-19H2. The molecule has 5 rings (SSSR count). The topological polar surface area (TPSA) is 56.6 Å².